The molecule has 0 aromatic carbocycles. The molecule has 0 saturated carbocycles. The lowest BCUT2D eigenvalue weighted by molar-refractivity contribution is 0.0690. The Morgan fingerprint density at radius 1 is 1.38 bits per heavy atom. The number of urea groups is 1. The van der Waals surface area contributed by atoms with Crippen LogP contribution in [0.2, 0.25) is 0 Å². The summed E-state index contributed by atoms with van der Waals surface area (Å²) in [5, 5.41) is 21.0. The molecule has 21 heavy (non-hydrogen) atoms. The van der Waals surface area contributed by atoms with Gasteiger partial charge in [0.05, 0.1) is 24.6 Å². The molecule has 3 N–H and O–H groups in total. The summed E-state index contributed by atoms with van der Waals surface area (Å²) in [4.78, 5) is 26.3. The SMILES string of the molecule is Cc1ccc(NC(=O)NCCn2cc(C(=O)O)nn2)cn1. The zero-order valence-corrected chi connectivity index (χ0v) is 11.3. The molecule has 9 nitrogen and oxygen atoms in total. The average Bonchev–Trinajstić information content (AvgIpc) is 2.90. The number of hydrogen-bond donors (Lipinski definition) is 3. The lowest BCUT2D eigenvalue weighted by atomic mass is 10.3. The maximum atomic E-state index is 11.6. The Kier molecular flexibility index (Phi) is 4.44. The van der Waals surface area contributed by atoms with Crippen molar-refractivity contribution < 1.29 is 14.7 Å². The summed E-state index contributed by atoms with van der Waals surface area (Å²) in [5.74, 6) is -1.14. The third-order valence-electron chi connectivity index (χ3n) is 2.55. The predicted octanol–water partition coefficient (Wildman–Crippen LogP) is 0.501. The first-order chi connectivity index (χ1) is 10.0. The van der Waals surface area contributed by atoms with Crippen LogP contribution in [0.4, 0.5) is 10.5 Å². The van der Waals surface area contributed by atoms with E-state index in [2.05, 4.69) is 25.9 Å². The minimum atomic E-state index is -1.14. The highest BCUT2D eigenvalue weighted by atomic mass is 16.4. The molecule has 0 aliphatic rings. The molecule has 2 rings (SSSR count). The first-order valence-corrected chi connectivity index (χ1v) is 6.15. The molecule has 0 aliphatic carbocycles. The third-order valence-corrected chi connectivity index (χ3v) is 2.55. The maximum Gasteiger partial charge on any atom is 0.358 e. The summed E-state index contributed by atoms with van der Waals surface area (Å²) in [7, 11) is 0. The second kappa shape index (κ2) is 6.46. The lowest BCUT2D eigenvalue weighted by Crippen LogP contribution is -2.31. The van der Waals surface area contributed by atoms with Gasteiger partial charge in [-0.2, -0.15) is 0 Å². The number of rotatable bonds is 5. The number of nitrogens with zero attached hydrogens (tertiary/aromatic N) is 4. The Morgan fingerprint density at radius 3 is 2.81 bits per heavy atom. The maximum absolute atomic E-state index is 11.6. The molecule has 0 atom stereocenters. The van der Waals surface area contributed by atoms with Crippen molar-refractivity contribution in [1.29, 1.82) is 0 Å². The Bertz CT molecular complexity index is 637. The van der Waals surface area contributed by atoms with Gasteiger partial charge >= 0.3 is 12.0 Å². The van der Waals surface area contributed by atoms with E-state index >= 15 is 0 Å². The second-order valence-electron chi connectivity index (χ2n) is 4.24. The van der Waals surface area contributed by atoms with E-state index in [1.165, 1.54) is 10.9 Å². The number of pyridine rings is 1. The number of nitrogens with one attached hydrogen (secondary N) is 2. The molecule has 2 heterocycles. The van der Waals surface area contributed by atoms with E-state index in [9.17, 15) is 9.59 Å². The Labute approximate surface area is 120 Å². The Balaban J connectivity index is 1.76. The molecule has 0 unspecified atom stereocenters. The molecule has 0 radical (unpaired) electrons. The number of aromatic carboxylic acids is 1. The van der Waals surface area contributed by atoms with E-state index < -0.39 is 5.97 Å². The molecular weight excluding hydrogens is 276 g/mol. The van der Waals surface area contributed by atoms with Gasteiger partial charge in [0, 0.05) is 12.2 Å². The summed E-state index contributed by atoms with van der Waals surface area (Å²) in [6, 6.07) is 3.16. The number of carboxylic acids is 1. The topological polar surface area (TPSA) is 122 Å². The molecule has 0 fully saturated rings. The molecule has 0 aliphatic heterocycles. The van der Waals surface area contributed by atoms with Crippen molar-refractivity contribution in [2.75, 3.05) is 11.9 Å². The quantitative estimate of drug-likeness (QED) is 0.737. The van der Waals surface area contributed by atoms with Gasteiger partial charge in [0.1, 0.15) is 0 Å². The normalized spacial score (nSPS) is 10.1. The first-order valence-electron chi connectivity index (χ1n) is 6.15. The first kappa shape index (κ1) is 14.4. The monoisotopic (exact) mass is 290 g/mol. The van der Waals surface area contributed by atoms with E-state index in [1.807, 2.05) is 6.92 Å². The van der Waals surface area contributed by atoms with Gasteiger partial charge < -0.3 is 15.7 Å². The van der Waals surface area contributed by atoms with Gasteiger partial charge in [-0.05, 0) is 19.1 Å². The fourth-order valence-electron chi connectivity index (χ4n) is 1.51. The zero-order valence-electron chi connectivity index (χ0n) is 11.3. The molecular formula is C12H14N6O3. The summed E-state index contributed by atoms with van der Waals surface area (Å²) < 4.78 is 1.34. The zero-order chi connectivity index (χ0) is 15.2. The van der Waals surface area contributed by atoms with E-state index in [0.29, 0.717) is 12.2 Å². The van der Waals surface area contributed by atoms with Crippen molar-refractivity contribution in [3.8, 4) is 0 Å². The van der Waals surface area contributed by atoms with Crippen molar-refractivity contribution in [2.45, 2.75) is 13.5 Å². The van der Waals surface area contributed by atoms with Crippen molar-refractivity contribution in [3.05, 3.63) is 35.9 Å². The van der Waals surface area contributed by atoms with Crippen LogP contribution in [0.15, 0.2) is 24.5 Å². The van der Waals surface area contributed by atoms with Gasteiger partial charge in [-0.25, -0.2) is 14.3 Å². The number of carbonyl (C=O) groups excluding carboxylic acids is 1. The van der Waals surface area contributed by atoms with Crippen LogP contribution in [0.25, 0.3) is 0 Å². The number of carbonyl (C=O) groups is 2. The van der Waals surface area contributed by atoms with Crippen LogP contribution in [0.1, 0.15) is 16.2 Å². The van der Waals surface area contributed by atoms with Crippen LogP contribution in [0, 0.1) is 6.92 Å². The Morgan fingerprint density at radius 2 is 2.19 bits per heavy atom. The largest absolute Gasteiger partial charge is 0.476 e. The van der Waals surface area contributed by atoms with Gasteiger partial charge in [-0.15, -0.1) is 5.10 Å². The van der Waals surface area contributed by atoms with Crippen molar-refractivity contribution in [3.63, 3.8) is 0 Å². The molecule has 110 valence electrons. The number of aromatic nitrogens is 4. The summed E-state index contributed by atoms with van der Waals surface area (Å²) in [6.07, 6.45) is 2.86. The fraction of sp³-hybridized carbons (Fsp3) is 0.250. The minimum absolute atomic E-state index is 0.134. The molecule has 2 aromatic heterocycles. The van der Waals surface area contributed by atoms with Crippen LogP contribution in [0.3, 0.4) is 0 Å². The van der Waals surface area contributed by atoms with Crippen LogP contribution in [0.5, 0.6) is 0 Å². The van der Waals surface area contributed by atoms with E-state index in [1.54, 1.807) is 18.3 Å². The number of amides is 2. The average molecular weight is 290 g/mol. The van der Waals surface area contributed by atoms with E-state index in [0.717, 1.165) is 5.69 Å². The molecule has 2 aromatic rings. The summed E-state index contributed by atoms with van der Waals surface area (Å²) in [5.41, 5.74) is 1.32. The van der Waals surface area contributed by atoms with E-state index in [-0.39, 0.29) is 18.3 Å². The number of anilines is 1. The molecule has 9 heteroatoms. The van der Waals surface area contributed by atoms with Crippen molar-refractivity contribution in [2.24, 2.45) is 0 Å². The van der Waals surface area contributed by atoms with Gasteiger partial charge in [0.25, 0.3) is 0 Å². The summed E-state index contributed by atoms with van der Waals surface area (Å²) in [6.45, 7) is 2.46. The highest BCUT2D eigenvalue weighted by Gasteiger charge is 2.08. The molecule has 2 amide bonds. The predicted molar refractivity (Wildman–Crippen MR) is 73.0 cm³/mol. The highest BCUT2D eigenvalue weighted by molar-refractivity contribution is 5.88. The number of carboxylic acid groups (broad SMARTS) is 1. The van der Waals surface area contributed by atoms with E-state index in [4.69, 9.17) is 5.11 Å². The van der Waals surface area contributed by atoms with Crippen molar-refractivity contribution in [1.82, 2.24) is 25.3 Å². The second-order valence-corrected chi connectivity index (χ2v) is 4.24. The van der Waals surface area contributed by atoms with Gasteiger partial charge in [0.2, 0.25) is 0 Å². The smallest absolute Gasteiger partial charge is 0.358 e. The van der Waals surface area contributed by atoms with Crippen molar-refractivity contribution >= 4 is 17.7 Å². The number of hydrogen-bond acceptors (Lipinski definition) is 5. The van der Waals surface area contributed by atoms with Crippen LogP contribution < -0.4 is 10.6 Å². The number of aryl methyl sites for hydroxylation is 1. The Hall–Kier alpha value is -2.97. The minimum Gasteiger partial charge on any atom is -0.476 e. The standard InChI is InChI=1S/C12H14N6O3/c1-8-2-3-9(6-14-8)15-12(21)13-4-5-18-7-10(11(19)20)16-17-18/h2-3,6-7H,4-5H2,1H3,(H,19,20)(H2,13,15,21). The molecule has 0 saturated heterocycles. The van der Waals surface area contributed by atoms with Gasteiger partial charge in [-0.1, -0.05) is 5.21 Å². The van der Waals surface area contributed by atoms with Crippen LogP contribution in [-0.4, -0.2) is 43.6 Å². The fourth-order valence-corrected chi connectivity index (χ4v) is 1.51. The highest BCUT2D eigenvalue weighted by Crippen LogP contribution is 2.04. The van der Waals surface area contributed by atoms with Gasteiger partial charge in [0.15, 0.2) is 5.69 Å². The lowest BCUT2D eigenvalue weighted by Gasteiger charge is -2.07. The van der Waals surface area contributed by atoms with Crippen LogP contribution >= 0.6 is 0 Å². The third kappa shape index (κ3) is 4.27. The van der Waals surface area contributed by atoms with Gasteiger partial charge in [-0.3, -0.25) is 4.98 Å². The molecule has 0 bridgehead atoms. The molecule has 0 spiro atoms. The van der Waals surface area contributed by atoms with Crippen LogP contribution in [-0.2, 0) is 6.54 Å². The summed E-state index contributed by atoms with van der Waals surface area (Å²) >= 11 is 0.